The van der Waals surface area contributed by atoms with Crippen LogP contribution in [0.25, 0.3) is 0 Å². The van der Waals surface area contributed by atoms with Crippen LogP contribution in [-0.2, 0) is 52.4 Å². The molecule has 6 nitrogen and oxygen atoms in total. The maximum absolute atomic E-state index is 3.29. The average Bonchev–Trinajstić information content (AvgIpc) is 3.40. The molecule has 0 bridgehead atoms. The van der Waals surface area contributed by atoms with E-state index in [9.17, 15) is 0 Å². The minimum Gasteiger partial charge on any atom is -1.00 e. The van der Waals surface area contributed by atoms with Crippen molar-refractivity contribution in [3.63, 3.8) is 0 Å². The molecule has 0 atom stereocenters. The normalized spacial score (nSPS) is 10.7. The number of nitrogens with one attached hydrogen (secondary N) is 2. The van der Waals surface area contributed by atoms with E-state index in [0.29, 0.717) is 0 Å². The fourth-order valence-electron chi connectivity index (χ4n) is 0.969. The summed E-state index contributed by atoms with van der Waals surface area (Å²) in [5.74, 6) is 0. The number of H-pyrrole nitrogens is 2. The summed E-state index contributed by atoms with van der Waals surface area (Å²) in [6, 6.07) is 0. The van der Waals surface area contributed by atoms with Gasteiger partial charge in [-0.25, -0.2) is 24.3 Å². The number of nitrogens with zero attached hydrogens (tertiary/aromatic N) is 4. The molecule has 124 valence electrons. The fraction of sp³-hybridized carbons (Fsp3) is 0.143. The number of hydrogen-bond acceptors (Lipinski definition) is 4. The van der Waals surface area contributed by atoms with Gasteiger partial charge in [0.2, 0.25) is 0 Å². The zero-order valence-corrected chi connectivity index (χ0v) is 19.0. The topological polar surface area (TPSA) is 83.1 Å². The van der Waals surface area contributed by atoms with Gasteiger partial charge in [-0.3, -0.25) is 12.2 Å². The quantitative estimate of drug-likeness (QED) is 0.346. The van der Waals surface area contributed by atoms with Gasteiger partial charge in [0.05, 0.1) is 0 Å². The summed E-state index contributed by atoms with van der Waals surface area (Å²) in [4.78, 5) is 0. The number of allylic oxidation sites excluding steroid dienone is 8. The molecule has 2 aliphatic rings. The summed E-state index contributed by atoms with van der Waals surface area (Å²) >= 11 is 0. The van der Waals surface area contributed by atoms with Gasteiger partial charge < -0.3 is 57.6 Å². The number of rotatable bonds is 0. The molecule has 0 saturated heterocycles. The van der Waals surface area contributed by atoms with E-state index in [1.807, 2.05) is 24.3 Å². The van der Waals surface area contributed by atoms with Gasteiger partial charge in [0.15, 0.2) is 0 Å². The molecular weight excluding hydrogens is 506 g/mol. The van der Waals surface area contributed by atoms with Crippen molar-refractivity contribution in [1.82, 2.24) is 30.8 Å². The molecule has 4 rings (SSSR count). The van der Waals surface area contributed by atoms with E-state index in [0.717, 1.165) is 12.8 Å². The van der Waals surface area contributed by atoms with E-state index in [1.165, 1.54) is 12.4 Å². The van der Waals surface area contributed by atoms with Crippen LogP contribution in [0.2, 0.25) is 0 Å². The Hall–Kier alpha value is -0.414. The molecular formula is C14H14Cl2N6Zr2-2. The molecule has 0 amide bonds. The van der Waals surface area contributed by atoms with Crippen molar-refractivity contribution in [2.45, 2.75) is 12.8 Å². The van der Waals surface area contributed by atoms with Gasteiger partial charge >= 0.3 is 52.4 Å². The molecule has 0 fully saturated rings. The molecule has 2 aromatic heterocycles. The number of halogens is 2. The van der Waals surface area contributed by atoms with Gasteiger partial charge in [0, 0.05) is 0 Å². The molecule has 10 heteroatoms. The standard InChI is InChI=1S/2C5H5.2C2H2N3.2ClH.2Zr/c4*1-2-4-5-3-1;;;;/h2*1-3H,4H2;2*1H,(H,3,4,5);2*1H;;/q4*-1;;;2*+2/p-2. The Balaban J connectivity index is -0.000000105. The average molecular weight is 520 g/mol. The summed E-state index contributed by atoms with van der Waals surface area (Å²) in [6.07, 6.45) is 27.9. The van der Waals surface area contributed by atoms with E-state index in [4.69, 9.17) is 0 Å². The van der Waals surface area contributed by atoms with Crippen molar-refractivity contribution in [3.05, 3.63) is 73.4 Å². The monoisotopic (exact) mass is 516 g/mol. The summed E-state index contributed by atoms with van der Waals surface area (Å²) in [5.41, 5.74) is 0. The van der Waals surface area contributed by atoms with Crippen molar-refractivity contribution < 1.29 is 77.2 Å². The third-order valence-electron chi connectivity index (χ3n) is 1.76. The van der Waals surface area contributed by atoms with Gasteiger partial charge in [0.25, 0.3) is 0 Å². The molecule has 2 heterocycles. The SMILES string of the molecule is [C-]1=CC=CC1.[C-]1=CC=CC1.[Cl-].[Cl-].[Zr+2].[Zr+2].[c-]1c[nH]nn1.[c-]1c[nH]nn1. The summed E-state index contributed by atoms with van der Waals surface area (Å²) < 4.78 is 0. The van der Waals surface area contributed by atoms with Crippen molar-refractivity contribution in [1.29, 1.82) is 0 Å². The van der Waals surface area contributed by atoms with Crippen molar-refractivity contribution in [2.24, 2.45) is 0 Å². The van der Waals surface area contributed by atoms with Crippen molar-refractivity contribution in [2.75, 3.05) is 0 Å². The summed E-state index contributed by atoms with van der Waals surface area (Å²) in [5, 5.41) is 18.1. The zero-order valence-electron chi connectivity index (χ0n) is 12.6. The number of hydrogen-bond donors (Lipinski definition) is 2. The number of aromatic nitrogens is 6. The van der Waals surface area contributed by atoms with Gasteiger partial charge in [-0.1, -0.05) is 0 Å². The third kappa shape index (κ3) is 23.8. The zero-order chi connectivity index (χ0) is 14.1. The van der Waals surface area contributed by atoms with E-state index >= 15 is 0 Å². The maximum Gasteiger partial charge on any atom is 2.00 e. The van der Waals surface area contributed by atoms with Crippen LogP contribution in [0.5, 0.6) is 0 Å². The molecule has 0 aromatic carbocycles. The van der Waals surface area contributed by atoms with Gasteiger partial charge in [0.1, 0.15) is 0 Å². The van der Waals surface area contributed by atoms with Crippen molar-refractivity contribution >= 4 is 0 Å². The third-order valence-corrected chi connectivity index (χ3v) is 1.76. The van der Waals surface area contributed by atoms with E-state index in [-0.39, 0.29) is 77.2 Å². The minimum absolute atomic E-state index is 0. The first kappa shape index (κ1) is 31.4. The molecule has 2 N–H and O–H groups in total. The maximum atomic E-state index is 3.29. The van der Waals surface area contributed by atoms with Gasteiger partial charge in [-0.05, 0) is 0 Å². The van der Waals surface area contributed by atoms with Crippen LogP contribution in [0.3, 0.4) is 0 Å². The molecule has 0 unspecified atom stereocenters. The van der Waals surface area contributed by atoms with Crippen LogP contribution in [0.15, 0.2) is 48.8 Å². The van der Waals surface area contributed by atoms with E-state index in [1.54, 1.807) is 0 Å². The van der Waals surface area contributed by atoms with Crippen LogP contribution in [0.4, 0.5) is 0 Å². The van der Waals surface area contributed by atoms with Crippen LogP contribution in [0.1, 0.15) is 12.8 Å². The Bertz CT molecular complexity index is 411. The van der Waals surface area contributed by atoms with E-state index < -0.39 is 0 Å². The van der Waals surface area contributed by atoms with Crippen LogP contribution in [0, 0.1) is 24.5 Å². The Morgan fingerprint density at radius 2 is 1.12 bits per heavy atom. The van der Waals surface area contributed by atoms with E-state index in [2.05, 4.69) is 67.5 Å². The van der Waals surface area contributed by atoms with Crippen LogP contribution < -0.4 is 24.8 Å². The molecule has 2 aliphatic carbocycles. The summed E-state index contributed by atoms with van der Waals surface area (Å²) in [7, 11) is 0. The van der Waals surface area contributed by atoms with Crippen molar-refractivity contribution in [3.8, 4) is 0 Å². The molecule has 0 spiro atoms. The predicted octanol–water partition coefficient (Wildman–Crippen LogP) is -4.18. The van der Waals surface area contributed by atoms with Gasteiger partial charge in [-0.2, -0.15) is 12.2 Å². The summed E-state index contributed by atoms with van der Waals surface area (Å²) in [6.45, 7) is 0. The second-order valence-electron chi connectivity index (χ2n) is 3.21. The molecule has 0 saturated carbocycles. The fourth-order valence-corrected chi connectivity index (χ4v) is 0.969. The first-order chi connectivity index (χ1) is 10.0. The first-order valence-corrected chi connectivity index (χ1v) is 5.88. The second-order valence-corrected chi connectivity index (χ2v) is 3.21. The Kier molecular flexibility index (Phi) is 35.9. The Morgan fingerprint density at radius 1 is 0.708 bits per heavy atom. The Labute approximate surface area is 192 Å². The predicted molar refractivity (Wildman–Crippen MR) is 73.6 cm³/mol. The minimum atomic E-state index is 0. The molecule has 0 aliphatic heterocycles. The second kappa shape index (κ2) is 27.4. The largest absolute Gasteiger partial charge is 2.00 e. The molecule has 0 radical (unpaired) electrons. The molecule has 24 heavy (non-hydrogen) atoms. The van der Waals surface area contributed by atoms with Crippen LogP contribution in [-0.4, -0.2) is 30.8 Å². The Morgan fingerprint density at radius 3 is 1.21 bits per heavy atom. The van der Waals surface area contributed by atoms with Crippen LogP contribution >= 0.6 is 0 Å². The number of aromatic amines is 2. The molecule has 2 aromatic rings. The smallest absolute Gasteiger partial charge is 1.00 e. The first-order valence-electron chi connectivity index (χ1n) is 5.88. The van der Waals surface area contributed by atoms with Gasteiger partial charge in [-0.15, -0.1) is 35.7 Å².